The van der Waals surface area contributed by atoms with Gasteiger partial charge >= 0.3 is 12.1 Å². The number of halogens is 3. The van der Waals surface area contributed by atoms with Crippen LogP contribution in [0.2, 0.25) is 0 Å². The predicted molar refractivity (Wildman–Crippen MR) is 79.8 cm³/mol. The molecule has 0 fully saturated rings. The Morgan fingerprint density at radius 3 is 2.56 bits per heavy atom. The standard InChI is InChI=1S/C14H13F3N2O5S/c1-2-6-19-25(22,23)11-5-3-4-10(7-11)13(21)24-8-12(20)18-9-14(15,16)17/h1,3-5,7,19H,6,8-9H2,(H,18,20). The molecule has 0 bridgehead atoms. The summed E-state index contributed by atoms with van der Waals surface area (Å²) in [6.07, 6.45) is 0.362. The van der Waals surface area contributed by atoms with Gasteiger partial charge in [0.2, 0.25) is 10.0 Å². The smallest absolute Gasteiger partial charge is 0.405 e. The summed E-state index contributed by atoms with van der Waals surface area (Å²) >= 11 is 0. The molecule has 0 heterocycles. The molecule has 0 saturated carbocycles. The summed E-state index contributed by atoms with van der Waals surface area (Å²) in [5.41, 5.74) is -0.202. The van der Waals surface area contributed by atoms with Crippen molar-refractivity contribution in [2.45, 2.75) is 11.1 Å². The van der Waals surface area contributed by atoms with E-state index in [1.165, 1.54) is 23.5 Å². The van der Waals surface area contributed by atoms with E-state index in [1.54, 1.807) is 0 Å². The van der Waals surface area contributed by atoms with Gasteiger partial charge in [-0.05, 0) is 18.2 Å². The monoisotopic (exact) mass is 378 g/mol. The maximum absolute atomic E-state index is 11.9. The molecule has 0 aliphatic rings. The van der Waals surface area contributed by atoms with Crippen LogP contribution < -0.4 is 10.0 Å². The maximum atomic E-state index is 11.9. The molecule has 0 aromatic heterocycles. The van der Waals surface area contributed by atoms with Gasteiger partial charge in [-0.2, -0.15) is 17.9 Å². The van der Waals surface area contributed by atoms with E-state index < -0.39 is 41.2 Å². The lowest BCUT2D eigenvalue weighted by atomic mass is 10.2. The molecule has 1 rings (SSSR count). The molecule has 0 atom stereocenters. The first kappa shape index (κ1) is 20.5. The predicted octanol–water partition coefficient (Wildman–Crippen LogP) is 0.433. The number of nitrogens with one attached hydrogen (secondary N) is 2. The molecule has 0 unspecified atom stereocenters. The van der Waals surface area contributed by atoms with E-state index in [4.69, 9.17) is 6.42 Å². The van der Waals surface area contributed by atoms with E-state index in [0.717, 1.165) is 6.07 Å². The van der Waals surface area contributed by atoms with Gasteiger partial charge in [-0.3, -0.25) is 4.79 Å². The Morgan fingerprint density at radius 2 is 1.96 bits per heavy atom. The molecule has 1 aromatic carbocycles. The molecule has 11 heteroatoms. The number of carbonyl (C=O) groups is 2. The minimum Gasteiger partial charge on any atom is -0.452 e. The molecule has 1 aromatic rings. The van der Waals surface area contributed by atoms with Crippen molar-refractivity contribution >= 4 is 21.9 Å². The number of hydrogen-bond acceptors (Lipinski definition) is 5. The average Bonchev–Trinajstić information content (AvgIpc) is 2.55. The third-order valence-electron chi connectivity index (χ3n) is 2.56. The van der Waals surface area contributed by atoms with Gasteiger partial charge in [-0.25, -0.2) is 13.2 Å². The summed E-state index contributed by atoms with van der Waals surface area (Å²) < 4.78 is 66.2. The highest BCUT2D eigenvalue weighted by Crippen LogP contribution is 2.13. The number of esters is 1. The minimum absolute atomic E-state index is 0.202. The Hall–Kier alpha value is -2.58. The molecular weight excluding hydrogens is 365 g/mol. The topological polar surface area (TPSA) is 102 Å². The second-order valence-electron chi connectivity index (χ2n) is 4.52. The van der Waals surface area contributed by atoms with E-state index in [1.807, 2.05) is 0 Å². The van der Waals surface area contributed by atoms with Crippen molar-refractivity contribution in [3.8, 4) is 12.3 Å². The van der Waals surface area contributed by atoms with E-state index in [0.29, 0.717) is 0 Å². The van der Waals surface area contributed by atoms with Gasteiger partial charge in [0, 0.05) is 0 Å². The fourth-order valence-electron chi connectivity index (χ4n) is 1.47. The first-order chi connectivity index (χ1) is 11.5. The fraction of sp³-hybridized carbons (Fsp3) is 0.286. The van der Waals surface area contributed by atoms with Crippen LogP contribution in [0.4, 0.5) is 13.2 Å². The molecule has 7 nitrogen and oxygen atoms in total. The van der Waals surface area contributed by atoms with E-state index in [2.05, 4.69) is 15.4 Å². The second kappa shape index (κ2) is 8.50. The molecule has 0 saturated heterocycles. The van der Waals surface area contributed by atoms with Crippen LogP contribution in [-0.2, 0) is 19.6 Å². The first-order valence-electron chi connectivity index (χ1n) is 6.59. The number of rotatable bonds is 7. The largest absolute Gasteiger partial charge is 0.452 e. The summed E-state index contributed by atoms with van der Waals surface area (Å²) in [4.78, 5) is 22.7. The molecule has 0 aliphatic carbocycles. The number of terminal acetylenes is 1. The lowest BCUT2D eigenvalue weighted by molar-refractivity contribution is -0.140. The number of alkyl halides is 3. The lowest BCUT2D eigenvalue weighted by Gasteiger charge is -2.09. The molecule has 0 aliphatic heterocycles. The van der Waals surface area contributed by atoms with Crippen molar-refractivity contribution in [1.82, 2.24) is 10.0 Å². The van der Waals surface area contributed by atoms with Crippen LogP contribution in [0.15, 0.2) is 29.2 Å². The van der Waals surface area contributed by atoms with Crippen molar-refractivity contribution in [1.29, 1.82) is 0 Å². The van der Waals surface area contributed by atoms with Gasteiger partial charge < -0.3 is 10.1 Å². The molecule has 136 valence electrons. The van der Waals surface area contributed by atoms with E-state index in [9.17, 15) is 31.2 Å². The fourth-order valence-corrected chi connectivity index (χ4v) is 2.45. The normalized spacial score (nSPS) is 11.4. The Kier molecular flexibility index (Phi) is 6.96. The van der Waals surface area contributed by atoms with Crippen molar-refractivity contribution in [3.05, 3.63) is 29.8 Å². The molecule has 25 heavy (non-hydrogen) atoms. The maximum Gasteiger partial charge on any atom is 0.405 e. The van der Waals surface area contributed by atoms with Crippen LogP contribution in [0.1, 0.15) is 10.4 Å². The quantitative estimate of drug-likeness (QED) is 0.529. The third-order valence-corrected chi connectivity index (χ3v) is 3.96. The van der Waals surface area contributed by atoms with E-state index in [-0.39, 0.29) is 17.0 Å². The van der Waals surface area contributed by atoms with E-state index >= 15 is 0 Å². The number of ether oxygens (including phenoxy) is 1. The van der Waals surface area contributed by atoms with Crippen LogP contribution in [0.25, 0.3) is 0 Å². The third kappa shape index (κ3) is 7.23. The highest BCUT2D eigenvalue weighted by atomic mass is 32.2. The number of hydrogen-bond donors (Lipinski definition) is 2. The molecular formula is C14H13F3N2O5S. The Bertz CT molecular complexity index is 784. The van der Waals surface area contributed by atoms with Gasteiger partial charge in [0.15, 0.2) is 6.61 Å². The zero-order valence-electron chi connectivity index (χ0n) is 12.6. The van der Waals surface area contributed by atoms with Crippen LogP contribution in [0.3, 0.4) is 0 Å². The van der Waals surface area contributed by atoms with Gasteiger partial charge in [0.05, 0.1) is 17.0 Å². The SMILES string of the molecule is C#CCNS(=O)(=O)c1cccc(C(=O)OCC(=O)NCC(F)(F)F)c1. The summed E-state index contributed by atoms with van der Waals surface area (Å²) in [5.74, 6) is -0.141. The average molecular weight is 378 g/mol. The van der Waals surface area contributed by atoms with Gasteiger partial charge in [0.1, 0.15) is 6.54 Å². The molecule has 1 amide bonds. The second-order valence-corrected chi connectivity index (χ2v) is 6.29. The van der Waals surface area contributed by atoms with Crippen LogP contribution in [0, 0.1) is 12.3 Å². The number of benzene rings is 1. The summed E-state index contributed by atoms with van der Waals surface area (Å²) in [5, 5.41) is 1.52. The van der Waals surface area contributed by atoms with Crippen LogP contribution in [0.5, 0.6) is 0 Å². The van der Waals surface area contributed by atoms with Crippen molar-refractivity contribution < 1.29 is 35.9 Å². The van der Waals surface area contributed by atoms with Gasteiger partial charge in [0.25, 0.3) is 5.91 Å². The Labute approximate surface area is 141 Å². The van der Waals surface area contributed by atoms with Crippen molar-refractivity contribution in [2.24, 2.45) is 0 Å². The Balaban J connectivity index is 2.70. The first-order valence-corrected chi connectivity index (χ1v) is 8.07. The van der Waals surface area contributed by atoms with Crippen LogP contribution >= 0.6 is 0 Å². The highest BCUT2D eigenvalue weighted by Gasteiger charge is 2.27. The van der Waals surface area contributed by atoms with Gasteiger partial charge in [-0.15, -0.1) is 6.42 Å². The molecule has 2 N–H and O–H groups in total. The van der Waals surface area contributed by atoms with Crippen molar-refractivity contribution in [2.75, 3.05) is 19.7 Å². The van der Waals surface area contributed by atoms with Gasteiger partial charge in [-0.1, -0.05) is 12.0 Å². The summed E-state index contributed by atoms with van der Waals surface area (Å²) in [7, 11) is -3.94. The number of carbonyl (C=O) groups excluding carboxylic acids is 2. The summed E-state index contributed by atoms with van der Waals surface area (Å²) in [6.45, 7) is -2.75. The Morgan fingerprint density at radius 1 is 1.28 bits per heavy atom. The number of sulfonamides is 1. The minimum atomic E-state index is -4.59. The lowest BCUT2D eigenvalue weighted by Crippen LogP contribution is -2.36. The highest BCUT2D eigenvalue weighted by molar-refractivity contribution is 7.89. The van der Waals surface area contributed by atoms with Crippen molar-refractivity contribution in [3.63, 3.8) is 0 Å². The zero-order chi connectivity index (χ0) is 19.1. The molecule has 0 radical (unpaired) electrons. The van der Waals surface area contributed by atoms with Crippen LogP contribution in [-0.4, -0.2) is 46.2 Å². The molecule has 0 spiro atoms. The summed E-state index contributed by atoms with van der Waals surface area (Å²) in [6, 6.07) is 4.65. The zero-order valence-corrected chi connectivity index (χ0v) is 13.4. The number of amides is 1.